The average molecular weight is 412 g/mol. The van der Waals surface area contributed by atoms with Crippen molar-refractivity contribution >= 4 is 29.2 Å². The first-order chi connectivity index (χ1) is 14.5. The molecule has 3 rings (SSSR count). The number of esters is 1. The maximum Gasteiger partial charge on any atom is 0.338 e. The molecule has 1 atom stereocenters. The molecule has 8 heteroatoms. The molecule has 0 saturated carbocycles. The number of methoxy groups -OCH3 is 2. The molecule has 0 aromatic heterocycles. The van der Waals surface area contributed by atoms with Crippen molar-refractivity contribution in [3.05, 3.63) is 48.0 Å². The van der Waals surface area contributed by atoms with E-state index in [1.165, 1.54) is 14.2 Å². The predicted molar refractivity (Wildman–Crippen MR) is 111 cm³/mol. The van der Waals surface area contributed by atoms with E-state index in [4.69, 9.17) is 14.2 Å². The van der Waals surface area contributed by atoms with Gasteiger partial charge in [0.15, 0.2) is 11.5 Å². The summed E-state index contributed by atoms with van der Waals surface area (Å²) in [7, 11) is 3.06. The molecule has 1 aliphatic rings. The lowest BCUT2D eigenvalue weighted by Gasteiger charge is -2.18. The van der Waals surface area contributed by atoms with E-state index in [9.17, 15) is 14.4 Å². The standard InChI is InChI=1S/C22H24N2O6/c1-4-30-22(27)14-6-5-7-16(10-14)23-21(26)15-11-20(25)24(13-15)17-8-9-18(28-2)19(12-17)29-3/h5-10,12,15H,4,11,13H2,1-3H3,(H,23,26)/t15-/m0/s1. The largest absolute Gasteiger partial charge is 0.493 e. The van der Waals surface area contributed by atoms with Crippen molar-refractivity contribution in [3.8, 4) is 11.5 Å². The first-order valence-electron chi connectivity index (χ1n) is 9.57. The smallest absolute Gasteiger partial charge is 0.338 e. The topological polar surface area (TPSA) is 94.2 Å². The number of carbonyl (C=O) groups excluding carboxylic acids is 3. The molecular formula is C22H24N2O6. The third-order valence-electron chi connectivity index (χ3n) is 4.82. The Balaban J connectivity index is 1.70. The summed E-state index contributed by atoms with van der Waals surface area (Å²) in [6.45, 7) is 2.24. The molecule has 158 valence electrons. The Morgan fingerprint density at radius 2 is 1.87 bits per heavy atom. The maximum atomic E-state index is 12.7. The van der Waals surface area contributed by atoms with E-state index in [0.29, 0.717) is 28.4 Å². The van der Waals surface area contributed by atoms with Gasteiger partial charge in [0, 0.05) is 30.4 Å². The second kappa shape index (κ2) is 9.30. The van der Waals surface area contributed by atoms with Crippen LogP contribution in [0.15, 0.2) is 42.5 Å². The number of nitrogens with zero attached hydrogens (tertiary/aromatic N) is 1. The fourth-order valence-corrected chi connectivity index (χ4v) is 3.31. The van der Waals surface area contributed by atoms with Gasteiger partial charge in [0.2, 0.25) is 11.8 Å². The lowest BCUT2D eigenvalue weighted by molar-refractivity contribution is -0.122. The van der Waals surface area contributed by atoms with Crippen LogP contribution in [0.3, 0.4) is 0 Å². The van der Waals surface area contributed by atoms with Crippen LogP contribution in [0.2, 0.25) is 0 Å². The Labute approximate surface area is 174 Å². The molecule has 2 amide bonds. The molecule has 1 aliphatic heterocycles. The molecule has 8 nitrogen and oxygen atoms in total. The molecule has 0 unspecified atom stereocenters. The molecule has 0 aliphatic carbocycles. The van der Waals surface area contributed by atoms with E-state index < -0.39 is 11.9 Å². The van der Waals surface area contributed by atoms with Crippen molar-refractivity contribution in [2.45, 2.75) is 13.3 Å². The summed E-state index contributed by atoms with van der Waals surface area (Å²) in [5.74, 6) is -0.341. The predicted octanol–water partition coefficient (Wildman–Crippen LogP) is 2.87. The van der Waals surface area contributed by atoms with Crippen LogP contribution in [-0.2, 0) is 14.3 Å². The average Bonchev–Trinajstić information content (AvgIpc) is 3.15. The summed E-state index contributed by atoms with van der Waals surface area (Å²) in [6, 6.07) is 11.7. The van der Waals surface area contributed by atoms with Gasteiger partial charge in [-0.25, -0.2) is 4.79 Å². The molecule has 1 saturated heterocycles. The SMILES string of the molecule is CCOC(=O)c1cccc(NC(=O)[C@H]2CC(=O)N(c3ccc(OC)c(OC)c3)C2)c1. The van der Waals surface area contributed by atoms with Crippen LogP contribution in [0.1, 0.15) is 23.7 Å². The Kier molecular flexibility index (Phi) is 6.56. The minimum absolute atomic E-state index is 0.0950. The van der Waals surface area contributed by atoms with Crippen LogP contribution in [0.25, 0.3) is 0 Å². The van der Waals surface area contributed by atoms with Gasteiger partial charge in [-0.2, -0.15) is 0 Å². The highest BCUT2D eigenvalue weighted by Gasteiger charge is 2.35. The number of amides is 2. The van der Waals surface area contributed by atoms with Gasteiger partial charge in [0.05, 0.1) is 32.3 Å². The van der Waals surface area contributed by atoms with Crippen molar-refractivity contribution in [2.75, 3.05) is 37.6 Å². The first kappa shape index (κ1) is 21.2. The highest BCUT2D eigenvalue weighted by Crippen LogP contribution is 2.34. The molecule has 1 heterocycles. The summed E-state index contributed by atoms with van der Waals surface area (Å²) in [4.78, 5) is 38.7. The zero-order valence-corrected chi connectivity index (χ0v) is 17.1. The molecule has 0 radical (unpaired) electrons. The summed E-state index contributed by atoms with van der Waals surface area (Å²) in [5.41, 5.74) is 1.46. The number of hydrogen-bond donors (Lipinski definition) is 1. The van der Waals surface area contributed by atoms with Crippen molar-refractivity contribution in [2.24, 2.45) is 5.92 Å². The number of carbonyl (C=O) groups is 3. The fraction of sp³-hybridized carbons (Fsp3) is 0.318. The third-order valence-corrected chi connectivity index (χ3v) is 4.82. The van der Waals surface area contributed by atoms with E-state index >= 15 is 0 Å². The van der Waals surface area contributed by atoms with Gasteiger partial charge >= 0.3 is 5.97 Å². The van der Waals surface area contributed by atoms with Gasteiger partial charge in [-0.05, 0) is 37.3 Å². The number of hydrogen-bond acceptors (Lipinski definition) is 6. The Morgan fingerprint density at radius 1 is 1.10 bits per heavy atom. The number of rotatable bonds is 7. The second-order valence-electron chi connectivity index (χ2n) is 6.74. The first-order valence-corrected chi connectivity index (χ1v) is 9.57. The molecule has 0 bridgehead atoms. The van der Waals surface area contributed by atoms with Crippen molar-refractivity contribution in [1.82, 2.24) is 0 Å². The normalized spacial score (nSPS) is 15.6. The summed E-state index contributed by atoms with van der Waals surface area (Å²) >= 11 is 0. The van der Waals surface area contributed by atoms with E-state index in [2.05, 4.69) is 5.32 Å². The second-order valence-corrected chi connectivity index (χ2v) is 6.74. The quantitative estimate of drug-likeness (QED) is 0.703. The van der Waals surface area contributed by atoms with E-state index in [0.717, 1.165) is 0 Å². The van der Waals surface area contributed by atoms with Crippen molar-refractivity contribution in [3.63, 3.8) is 0 Å². The lowest BCUT2D eigenvalue weighted by atomic mass is 10.1. The number of ether oxygens (including phenoxy) is 3. The zero-order valence-electron chi connectivity index (χ0n) is 17.1. The summed E-state index contributed by atoms with van der Waals surface area (Å²) in [5, 5.41) is 2.78. The van der Waals surface area contributed by atoms with Gasteiger partial charge < -0.3 is 24.4 Å². The van der Waals surface area contributed by atoms with E-state index in [-0.39, 0.29) is 31.4 Å². The molecule has 1 fully saturated rings. The fourth-order valence-electron chi connectivity index (χ4n) is 3.31. The van der Waals surface area contributed by atoms with Crippen LogP contribution in [0.5, 0.6) is 11.5 Å². The minimum atomic E-state index is -0.517. The Bertz CT molecular complexity index is 958. The summed E-state index contributed by atoms with van der Waals surface area (Å²) in [6.07, 6.45) is 0.0950. The highest BCUT2D eigenvalue weighted by atomic mass is 16.5. The molecule has 0 spiro atoms. The van der Waals surface area contributed by atoms with Crippen molar-refractivity contribution < 1.29 is 28.6 Å². The van der Waals surface area contributed by atoms with Crippen LogP contribution in [0, 0.1) is 5.92 Å². The molecule has 30 heavy (non-hydrogen) atoms. The molecular weight excluding hydrogens is 388 g/mol. The highest BCUT2D eigenvalue weighted by molar-refractivity contribution is 6.04. The molecule has 1 N–H and O–H groups in total. The maximum absolute atomic E-state index is 12.7. The van der Waals surface area contributed by atoms with E-state index in [1.54, 1.807) is 54.3 Å². The van der Waals surface area contributed by atoms with Gasteiger partial charge in [-0.3, -0.25) is 9.59 Å². The van der Waals surface area contributed by atoms with Crippen LogP contribution in [-0.4, -0.2) is 45.2 Å². The minimum Gasteiger partial charge on any atom is -0.493 e. The van der Waals surface area contributed by atoms with Crippen molar-refractivity contribution in [1.29, 1.82) is 0 Å². The zero-order chi connectivity index (χ0) is 21.7. The molecule has 2 aromatic rings. The van der Waals surface area contributed by atoms with Crippen LogP contribution < -0.4 is 19.7 Å². The van der Waals surface area contributed by atoms with Crippen LogP contribution in [0.4, 0.5) is 11.4 Å². The Hall–Kier alpha value is -3.55. The number of benzene rings is 2. The third kappa shape index (κ3) is 4.53. The van der Waals surface area contributed by atoms with Gasteiger partial charge in [-0.1, -0.05) is 6.07 Å². The van der Waals surface area contributed by atoms with Crippen LogP contribution >= 0.6 is 0 Å². The molecule has 2 aromatic carbocycles. The number of nitrogens with one attached hydrogen (secondary N) is 1. The lowest BCUT2D eigenvalue weighted by Crippen LogP contribution is -2.28. The van der Waals surface area contributed by atoms with E-state index in [1.807, 2.05) is 0 Å². The Morgan fingerprint density at radius 3 is 2.57 bits per heavy atom. The van der Waals surface area contributed by atoms with Gasteiger partial charge in [-0.15, -0.1) is 0 Å². The van der Waals surface area contributed by atoms with Gasteiger partial charge in [0.25, 0.3) is 0 Å². The summed E-state index contributed by atoms with van der Waals surface area (Å²) < 4.78 is 15.5. The van der Waals surface area contributed by atoms with Gasteiger partial charge in [0.1, 0.15) is 0 Å². The monoisotopic (exact) mass is 412 g/mol. The number of anilines is 2.